The summed E-state index contributed by atoms with van der Waals surface area (Å²) in [5.41, 5.74) is 0.134. The molecule has 9 heteroatoms. The summed E-state index contributed by atoms with van der Waals surface area (Å²) in [6.45, 7) is 8.42. The number of nitrogens with one attached hydrogen (secondary N) is 1. The summed E-state index contributed by atoms with van der Waals surface area (Å²) in [7, 11) is 0. The van der Waals surface area contributed by atoms with Crippen LogP contribution in [-0.4, -0.2) is 43.8 Å². The fourth-order valence-electron chi connectivity index (χ4n) is 2.74. The first-order chi connectivity index (χ1) is 12.6. The molecule has 1 amide bonds. The second-order valence-corrected chi connectivity index (χ2v) is 7.88. The van der Waals surface area contributed by atoms with Gasteiger partial charge in [-0.05, 0) is 57.2 Å². The Morgan fingerprint density at radius 3 is 2.74 bits per heavy atom. The van der Waals surface area contributed by atoms with E-state index in [0.717, 1.165) is 12.8 Å². The topological polar surface area (TPSA) is 106 Å². The fraction of sp³-hybridized carbons (Fsp3) is 0.556. The maximum absolute atomic E-state index is 11.6. The minimum Gasteiger partial charge on any atom is -0.477 e. The van der Waals surface area contributed by atoms with Crippen LogP contribution >= 0.6 is 11.6 Å². The number of aromatic carboxylic acids is 1. The summed E-state index contributed by atoms with van der Waals surface area (Å²) >= 11 is 5.86. The third kappa shape index (κ3) is 6.09. The van der Waals surface area contributed by atoms with E-state index in [0.29, 0.717) is 24.1 Å². The predicted molar refractivity (Wildman–Crippen MR) is 102 cm³/mol. The number of carboxylic acid groups (broad SMARTS) is 1. The second-order valence-electron chi connectivity index (χ2n) is 7.54. The molecule has 0 aliphatic heterocycles. The van der Waals surface area contributed by atoms with E-state index in [4.69, 9.17) is 16.3 Å². The number of halogens is 1. The molecule has 27 heavy (non-hydrogen) atoms. The Kier molecular flexibility index (Phi) is 6.64. The summed E-state index contributed by atoms with van der Waals surface area (Å²) in [5, 5.41) is 12.9. The number of carbonyl (C=O) groups excluding carboxylic acids is 1. The zero-order valence-corrected chi connectivity index (χ0v) is 16.7. The van der Waals surface area contributed by atoms with Crippen molar-refractivity contribution in [3.05, 3.63) is 23.2 Å². The van der Waals surface area contributed by atoms with Crippen molar-refractivity contribution in [2.24, 2.45) is 5.92 Å². The maximum atomic E-state index is 11.6. The first kappa shape index (κ1) is 21.0. The van der Waals surface area contributed by atoms with Gasteiger partial charge in [-0.15, -0.1) is 0 Å². The third-order valence-corrected chi connectivity index (χ3v) is 4.04. The third-order valence-electron chi connectivity index (χ3n) is 3.86. The summed E-state index contributed by atoms with van der Waals surface area (Å²) in [5.74, 6) is -0.851. The van der Waals surface area contributed by atoms with Crippen LogP contribution in [0.1, 0.15) is 51.0 Å². The molecule has 2 rings (SSSR count). The summed E-state index contributed by atoms with van der Waals surface area (Å²) in [6.07, 6.45) is 2.62. The average Bonchev–Trinajstić information content (AvgIpc) is 2.88. The highest BCUT2D eigenvalue weighted by molar-refractivity contribution is 6.28. The Bertz CT molecular complexity index is 829. The van der Waals surface area contributed by atoms with Gasteiger partial charge in [0.05, 0.1) is 0 Å². The van der Waals surface area contributed by atoms with Gasteiger partial charge in [-0.1, -0.05) is 6.92 Å². The molecule has 0 aromatic carbocycles. The van der Waals surface area contributed by atoms with Gasteiger partial charge in [0.1, 0.15) is 16.9 Å². The van der Waals surface area contributed by atoms with Crippen LogP contribution in [0.5, 0.6) is 0 Å². The molecule has 0 aliphatic carbocycles. The van der Waals surface area contributed by atoms with Crippen LogP contribution in [0.25, 0.3) is 11.0 Å². The number of hydrogen-bond acceptors (Lipinski definition) is 5. The largest absolute Gasteiger partial charge is 0.477 e. The van der Waals surface area contributed by atoms with Gasteiger partial charge in [0.2, 0.25) is 5.28 Å². The molecule has 0 spiro atoms. The van der Waals surface area contributed by atoms with Gasteiger partial charge in [-0.2, -0.15) is 4.98 Å². The molecular formula is C18H25ClN4O4. The van der Waals surface area contributed by atoms with E-state index in [-0.39, 0.29) is 16.9 Å². The second kappa shape index (κ2) is 8.56. The van der Waals surface area contributed by atoms with Crippen LogP contribution in [0.4, 0.5) is 4.79 Å². The van der Waals surface area contributed by atoms with Crippen molar-refractivity contribution in [3.8, 4) is 0 Å². The van der Waals surface area contributed by atoms with E-state index in [1.807, 2.05) is 27.7 Å². The van der Waals surface area contributed by atoms with Crippen LogP contribution in [0.2, 0.25) is 5.28 Å². The summed E-state index contributed by atoms with van der Waals surface area (Å²) in [6, 6.07) is 1.55. The average molecular weight is 397 g/mol. The van der Waals surface area contributed by atoms with Crippen molar-refractivity contribution < 1.29 is 19.4 Å². The number of fused-ring (bicyclic) bond motifs is 1. The SMILES string of the molecule is CC(CCCNC(=O)OC(C)(C)C)Cn1c(C(=O)O)cc2cnc(Cl)nc21. The lowest BCUT2D eigenvalue weighted by molar-refractivity contribution is 0.0525. The highest BCUT2D eigenvalue weighted by Gasteiger charge is 2.19. The van der Waals surface area contributed by atoms with E-state index in [1.165, 1.54) is 6.20 Å². The van der Waals surface area contributed by atoms with E-state index < -0.39 is 17.7 Å². The Labute approximate surface area is 162 Å². The number of ether oxygens (including phenoxy) is 1. The van der Waals surface area contributed by atoms with Gasteiger partial charge in [-0.25, -0.2) is 14.6 Å². The quantitative estimate of drug-likeness (QED) is 0.545. The lowest BCUT2D eigenvalue weighted by Crippen LogP contribution is -2.33. The Morgan fingerprint density at radius 2 is 2.11 bits per heavy atom. The Morgan fingerprint density at radius 1 is 1.41 bits per heavy atom. The summed E-state index contributed by atoms with van der Waals surface area (Å²) in [4.78, 5) is 31.2. The standard InChI is InChI=1S/C18H25ClN4O4/c1-11(6-5-7-20-17(26)27-18(2,3)4)10-23-13(15(24)25)8-12-9-21-16(19)22-14(12)23/h8-9,11H,5-7,10H2,1-4H3,(H,20,26)(H,24,25). The van der Waals surface area contributed by atoms with Crippen molar-refractivity contribution >= 4 is 34.7 Å². The molecule has 0 fully saturated rings. The molecule has 1 atom stereocenters. The lowest BCUT2D eigenvalue weighted by atomic mass is 10.1. The molecule has 2 N–H and O–H groups in total. The molecule has 0 radical (unpaired) electrons. The zero-order valence-electron chi connectivity index (χ0n) is 16.0. The Balaban J connectivity index is 1.95. The van der Waals surface area contributed by atoms with Crippen molar-refractivity contribution in [2.45, 2.75) is 52.7 Å². The van der Waals surface area contributed by atoms with Crippen molar-refractivity contribution in [2.75, 3.05) is 6.54 Å². The van der Waals surface area contributed by atoms with Crippen LogP contribution in [0.15, 0.2) is 12.3 Å². The molecule has 0 saturated carbocycles. The molecule has 2 aromatic heterocycles. The molecule has 0 saturated heterocycles. The maximum Gasteiger partial charge on any atom is 0.407 e. The first-order valence-electron chi connectivity index (χ1n) is 8.78. The highest BCUT2D eigenvalue weighted by atomic mass is 35.5. The molecule has 8 nitrogen and oxygen atoms in total. The van der Waals surface area contributed by atoms with Gasteiger partial charge in [-0.3, -0.25) is 0 Å². The van der Waals surface area contributed by atoms with Crippen molar-refractivity contribution in [3.63, 3.8) is 0 Å². The molecule has 2 aromatic rings. The van der Waals surface area contributed by atoms with Gasteiger partial charge in [0.25, 0.3) is 0 Å². The molecule has 0 bridgehead atoms. The number of carboxylic acids is 1. The number of rotatable bonds is 7. The normalized spacial score (nSPS) is 12.8. The van der Waals surface area contributed by atoms with Crippen LogP contribution in [0.3, 0.4) is 0 Å². The molecule has 2 heterocycles. The van der Waals surface area contributed by atoms with E-state index in [9.17, 15) is 14.7 Å². The Hall–Kier alpha value is -2.35. The van der Waals surface area contributed by atoms with Gasteiger partial charge in [0.15, 0.2) is 0 Å². The van der Waals surface area contributed by atoms with Gasteiger partial charge < -0.3 is 19.7 Å². The molecule has 0 aliphatic rings. The highest BCUT2D eigenvalue weighted by Crippen LogP contribution is 2.22. The number of hydrogen-bond donors (Lipinski definition) is 2. The molecule has 148 valence electrons. The molecular weight excluding hydrogens is 372 g/mol. The van der Waals surface area contributed by atoms with Crippen LogP contribution < -0.4 is 5.32 Å². The van der Waals surface area contributed by atoms with E-state index in [1.54, 1.807) is 10.6 Å². The number of amides is 1. The number of nitrogens with zero attached hydrogens (tertiary/aromatic N) is 3. The van der Waals surface area contributed by atoms with E-state index in [2.05, 4.69) is 15.3 Å². The summed E-state index contributed by atoms with van der Waals surface area (Å²) < 4.78 is 6.84. The van der Waals surface area contributed by atoms with Crippen molar-refractivity contribution in [1.29, 1.82) is 0 Å². The lowest BCUT2D eigenvalue weighted by Gasteiger charge is -2.20. The van der Waals surface area contributed by atoms with Gasteiger partial charge >= 0.3 is 12.1 Å². The minimum atomic E-state index is -1.03. The number of aromatic nitrogens is 3. The van der Waals surface area contributed by atoms with E-state index >= 15 is 0 Å². The van der Waals surface area contributed by atoms with Gasteiger partial charge in [0, 0.05) is 24.7 Å². The van der Waals surface area contributed by atoms with Crippen LogP contribution in [-0.2, 0) is 11.3 Å². The van der Waals surface area contributed by atoms with Crippen LogP contribution in [0, 0.1) is 5.92 Å². The number of alkyl carbamates (subject to hydrolysis) is 1. The fourth-order valence-corrected chi connectivity index (χ4v) is 2.87. The minimum absolute atomic E-state index is 0.0769. The monoisotopic (exact) mass is 396 g/mol. The zero-order chi connectivity index (χ0) is 20.2. The molecule has 1 unspecified atom stereocenters. The first-order valence-corrected chi connectivity index (χ1v) is 9.16. The smallest absolute Gasteiger partial charge is 0.407 e. The number of carbonyl (C=O) groups is 2. The van der Waals surface area contributed by atoms with Crippen molar-refractivity contribution in [1.82, 2.24) is 19.9 Å². The predicted octanol–water partition coefficient (Wildman–Crippen LogP) is 3.72.